The highest BCUT2D eigenvalue weighted by atomic mass is 16.5. The number of ether oxygens (including phenoxy) is 6. The van der Waals surface area contributed by atoms with Gasteiger partial charge in [0.1, 0.15) is 34.3 Å². The van der Waals surface area contributed by atoms with Gasteiger partial charge in [-0.15, -0.1) is 0 Å². The van der Waals surface area contributed by atoms with E-state index in [1.54, 1.807) is 36.4 Å². The molecule has 390 valence electrons. The zero-order valence-electron chi connectivity index (χ0n) is 43.8. The minimum Gasteiger partial charge on any atom is -0.494 e. The van der Waals surface area contributed by atoms with Crippen LogP contribution in [0.15, 0.2) is 164 Å². The molecule has 0 fully saturated rings. The van der Waals surface area contributed by atoms with Crippen molar-refractivity contribution in [3.8, 4) is 74.3 Å². The Hall–Kier alpha value is -8.34. The summed E-state index contributed by atoms with van der Waals surface area (Å²) in [7, 11) is 0. The van der Waals surface area contributed by atoms with Gasteiger partial charge >= 0.3 is 11.9 Å². The number of rotatable bonds is 30. The predicted octanol–water partition coefficient (Wildman–Crippen LogP) is 16.2. The molecule has 0 amide bonds. The lowest BCUT2D eigenvalue weighted by atomic mass is 10.0. The molecule has 1 unspecified atom stereocenters. The van der Waals surface area contributed by atoms with E-state index in [9.17, 15) is 9.59 Å². The minimum atomic E-state index is -0.554. The minimum absolute atomic E-state index is 0.133. The summed E-state index contributed by atoms with van der Waals surface area (Å²) in [5.74, 6) is 2.12. The molecule has 0 radical (unpaired) electrons. The summed E-state index contributed by atoms with van der Waals surface area (Å²) in [6.07, 6.45) is 12.5. The first kappa shape index (κ1) is 55.4. The Labute approximate surface area is 448 Å². The monoisotopic (exact) mass is 1020 g/mol. The number of carbonyl (C=O) groups is 2. The Kier molecular flexibility index (Phi) is 22.0. The number of nitrogens with zero attached hydrogens (tertiary/aromatic N) is 2. The number of hydrogen-bond acceptors (Lipinski definition) is 10. The van der Waals surface area contributed by atoms with Crippen LogP contribution in [0.3, 0.4) is 0 Å². The lowest BCUT2D eigenvalue weighted by molar-refractivity contribution is 0.0319. The first-order valence-electron chi connectivity index (χ1n) is 26.8. The van der Waals surface area contributed by atoms with Crippen LogP contribution in [0.1, 0.15) is 129 Å². The van der Waals surface area contributed by atoms with Crippen molar-refractivity contribution in [3.63, 3.8) is 0 Å². The van der Waals surface area contributed by atoms with Crippen molar-refractivity contribution in [1.82, 2.24) is 0 Å². The van der Waals surface area contributed by atoms with Crippen LogP contribution in [-0.4, -0.2) is 44.5 Å². The lowest BCUT2D eigenvalue weighted by Crippen LogP contribution is -2.15. The summed E-state index contributed by atoms with van der Waals surface area (Å²) in [4.78, 5) is 26.7. The fraction of sp³-hybridized carbons (Fsp3) is 0.303. The van der Waals surface area contributed by atoms with Crippen molar-refractivity contribution in [1.29, 1.82) is 10.5 Å². The van der Waals surface area contributed by atoms with Crippen LogP contribution in [-0.2, 0) is 4.74 Å². The van der Waals surface area contributed by atoms with Crippen LogP contribution in [0.4, 0.5) is 0 Å². The molecule has 7 rings (SSSR count). The Balaban J connectivity index is 0.870. The topological polar surface area (TPSA) is 137 Å². The van der Waals surface area contributed by atoms with Gasteiger partial charge in [-0.05, 0) is 196 Å². The first-order valence-corrected chi connectivity index (χ1v) is 26.8. The summed E-state index contributed by atoms with van der Waals surface area (Å²) < 4.78 is 36.0. The molecular weight excluding hydrogens is 949 g/mol. The molecule has 0 bridgehead atoms. The molecule has 0 heterocycles. The van der Waals surface area contributed by atoms with Crippen molar-refractivity contribution >= 4 is 11.9 Å². The summed E-state index contributed by atoms with van der Waals surface area (Å²) >= 11 is 0. The van der Waals surface area contributed by atoms with E-state index in [-0.39, 0.29) is 17.6 Å². The van der Waals surface area contributed by atoms with Crippen molar-refractivity contribution < 1.29 is 38.0 Å². The zero-order valence-corrected chi connectivity index (χ0v) is 43.8. The Morgan fingerprint density at radius 3 is 1.25 bits per heavy atom. The van der Waals surface area contributed by atoms with E-state index in [4.69, 9.17) is 38.9 Å². The highest BCUT2D eigenvalue weighted by molar-refractivity contribution is 5.94. The van der Waals surface area contributed by atoms with Crippen LogP contribution >= 0.6 is 0 Å². The fourth-order valence-corrected chi connectivity index (χ4v) is 8.56. The van der Waals surface area contributed by atoms with Crippen molar-refractivity contribution in [3.05, 3.63) is 186 Å². The van der Waals surface area contributed by atoms with Crippen LogP contribution < -0.4 is 23.7 Å². The predicted molar refractivity (Wildman–Crippen MR) is 299 cm³/mol. The van der Waals surface area contributed by atoms with Crippen molar-refractivity contribution in [2.75, 3.05) is 26.4 Å². The summed E-state index contributed by atoms with van der Waals surface area (Å²) in [6, 6.07) is 55.3. The third-order valence-corrected chi connectivity index (χ3v) is 13.0. The van der Waals surface area contributed by atoms with Gasteiger partial charge in [0.05, 0.1) is 61.4 Å². The SMILES string of the molecule is CCCCCCC(C)OC(=O)c1ccc(-c2ccc(OC(=O)c3cc(OCCCCCCOc4ccc(-c5ccc(C#N)cc5)cc4)ccc3OCCCCCCOc3ccc(-c4ccc(C#N)cc4)cc3)cc2)cc1. The van der Waals surface area contributed by atoms with Gasteiger partial charge in [0.2, 0.25) is 0 Å². The summed E-state index contributed by atoms with van der Waals surface area (Å²) in [5, 5.41) is 18.2. The first-order chi connectivity index (χ1) is 37.3. The van der Waals surface area contributed by atoms with Gasteiger partial charge < -0.3 is 28.4 Å². The van der Waals surface area contributed by atoms with Crippen LogP contribution in [0.25, 0.3) is 33.4 Å². The van der Waals surface area contributed by atoms with Crippen molar-refractivity contribution in [2.24, 2.45) is 0 Å². The van der Waals surface area contributed by atoms with Crippen LogP contribution in [0.5, 0.6) is 28.7 Å². The van der Waals surface area contributed by atoms with E-state index in [1.165, 1.54) is 12.8 Å². The molecule has 76 heavy (non-hydrogen) atoms. The summed E-state index contributed by atoms with van der Waals surface area (Å²) in [6.45, 7) is 6.26. The van der Waals surface area contributed by atoms with Crippen molar-refractivity contribution in [2.45, 2.75) is 103 Å². The quantitative estimate of drug-likeness (QED) is 0.0243. The smallest absolute Gasteiger partial charge is 0.347 e. The highest BCUT2D eigenvalue weighted by Gasteiger charge is 2.18. The molecule has 0 saturated carbocycles. The van der Waals surface area contributed by atoms with Gasteiger partial charge in [-0.25, -0.2) is 9.59 Å². The molecule has 0 spiro atoms. The van der Waals surface area contributed by atoms with Gasteiger partial charge in [-0.1, -0.05) is 99.0 Å². The van der Waals surface area contributed by atoms with E-state index in [2.05, 4.69) is 19.1 Å². The molecular formula is C66H68N2O8. The maximum atomic E-state index is 13.9. The molecule has 0 N–H and O–H groups in total. The van der Waals surface area contributed by atoms with E-state index < -0.39 is 5.97 Å². The maximum Gasteiger partial charge on any atom is 0.347 e. The summed E-state index contributed by atoms with van der Waals surface area (Å²) in [5.41, 5.74) is 8.12. The molecule has 10 heteroatoms. The molecule has 7 aromatic rings. The molecule has 7 aromatic carbocycles. The normalized spacial score (nSPS) is 11.2. The maximum absolute atomic E-state index is 13.9. The van der Waals surface area contributed by atoms with E-state index in [0.29, 0.717) is 60.4 Å². The second-order valence-corrected chi connectivity index (χ2v) is 18.9. The highest BCUT2D eigenvalue weighted by Crippen LogP contribution is 2.30. The number of hydrogen-bond donors (Lipinski definition) is 0. The van der Waals surface area contributed by atoms with E-state index in [1.807, 2.05) is 134 Å². The second-order valence-electron chi connectivity index (χ2n) is 18.9. The molecule has 0 aliphatic carbocycles. The lowest BCUT2D eigenvalue weighted by Gasteiger charge is -2.14. The molecule has 10 nitrogen and oxygen atoms in total. The number of benzene rings is 7. The molecule has 0 aliphatic heterocycles. The zero-order chi connectivity index (χ0) is 53.2. The molecule has 0 aliphatic rings. The fourth-order valence-electron chi connectivity index (χ4n) is 8.56. The van der Waals surface area contributed by atoms with Gasteiger partial charge in [0, 0.05) is 0 Å². The van der Waals surface area contributed by atoms with E-state index in [0.717, 1.165) is 116 Å². The number of carbonyl (C=O) groups excluding carboxylic acids is 2. The van der Waals surface area contributed by atoms with Crippen LogP contribution in [0.2, 0.25) is 0 Å². The number of esters is 2. The Morgan fingerprint density at radius 2 is 0.803 bits per heavy atom. The number of unbranched alkanes of at least 4 members (excludes halogenated alkanes) is 9. The molecule has 0 aromatic heterocycles. The average Bonchev–Trinajstić information content (AvgIpc) is 3.46. The number of nitriles is 2. The Bertz CT molecular complexity index is 2960. The van der Waals surface area contributed by atoms with Gasteiger partial charge in [0.15, 0.2) is 0 Å². The third kappa shape index (κ3) is 17.7. The van der Waals surface area contributed by atoms with E-state index >= 15 is 0 Å². The standard InChI is InChI=1S/C66H68N2O8/c1-3-4-5-10-15-49(2)75-65(69)58-26-24-54(25-27-58)57-32-38-61(39-33-57)76-66(70)63-46-62(73-44-13-7-6-11-42-71-59-34-28-55(29-35-59)52-20-16-50(47-67)17-21-52)40-41-64(63)74-45-14-9-8-12-43-72-60-36-30-56(31-37-60)53-22-18-51(48-68)19-23-53/h16-41,46,49H,3-15,42-45H2,1-2H3. The molecule has 0 saturated heterocycles. The van der Waals surface area contributed by atoms with Gasteiger partial charge in [0.25, 0.3) is 0 Å². The largest absolute Gasteiger partial charge is 0.494 e. The van der Waals surface area contributed by atoms with Gasteiger partial charge in [-0.3, -0.25) is 0 Å². The average molecular weight is 1020 g/mol. The van der Waals surface area contributed by atoms with Crippen LogP contribution in [0, 0.1) is 22.7 Å². The second kappa shape index (κ2) is 30.1. The van der Waals surface area contributed by atoms with Gasteiger partial charge in [-0.2, -0.15) is 10.5 Å². The molecule has 1 atom stereocenters. The Morgan fingerprint density at radius 1 is 0.421 bits per heavy atom. The third-order valence-electron chi connectivity index (χ3n) is 13.0.